The van der Waals surface area contributed by atoms with Gasteiger partial charge in [-0.05, 0) is 13.0 Å². The summed E-state index contributed by atoms with van der Waals surface area (Å²) in [6.07, 6.45) is 1.96. The number of hydrogen-bond donors (Lipinski definition) is 2. The van der Waals surface area contributed by atoms with Crippen LogP contribution in [0.15, 0.2) is 30.5 Å². The second-order valence-corrected chi connectivity index (χ2v) is 5.27. The molecule has 94 valence electrons. The van der Waals surface area contributed by atoms with Crippen LogP contribution in [0.3, 0.4) is 0 Å². The molecule has 0 bridgehead atoms. The summed E-state index contributed by atoms with van der Waals surface area (Å²) in [5, 5.41) is 13.2. The molecule has 0 saturated heterocycles. The van der Waals surface area contributed by atoms with Crippen LogP contribution in [0.1, 0.15) is 15.4 Å². The molecule has 0 aliphatic carbocycles. The average molecular weight is 262 g/mol. The highest BCUT2D eigenvalue weighted by molar-refractivity contribution is 7.11. The fourth-order valence-corrected chi connectivity index (χ4v) is 2.28. The van der Waals surface area contributed by atoms with Crippen molar-refractivity contribution in [2.24, 2.45) is 0 Å². The van der Waals surface area contributed by atoms with Gasteiger partial charge in [-0.2, -0.15) is 0 Å². The fourth-order valence-electron chi connectivity index (χ4n) is 1.55. The first kappa shape index (κ1) is 12.6. The molecule has 2 rings (SSSR count). The van der Waals surface area contributed by atoms with Gasteiger partial charge in [0.1, 0.15) is 10.8 Å². The number of benzene rings is 1. The van der Waals surface area contributed by atoms with Gasteiger partial charge >= 0.3 is 0 Å². The number of carbonyl (C=O) groups excluding carboxylic acids is 1. The number of thiazole rings is 1. The zero-order valence-corrected chi connectivity index (χ0v) is 10.8. The van der Waals surface area contributed by atoms with Gasteiger partial charge in [-0.1, -0.05) is 18.2 Å². The Balaban J connectivity index is 1.88. The normalized spacial score (nSPS) is 10.3. The second-order valence-electron chi connectivity index (χ2n) is 3.95. The first-order chi connectivity index (χ1) is 8.65. The number of carbonyl (C=O) groups is 1. The third kappa shape index (κ3) is 3.30. The zero-order chi connectivity index (χ0) is 13.0. The van der Waals surface area contributed by atoms with Crippen molar-refractivity contribution in [1.82, 2.24) is 10.3 Å². The van der Waals surface area contributed by atoms with Crippen molar-refractivity contribution >= 4 is 17.2 Å². The molecule has 4 nitrogen and oxygen atoms in total. The van der Waals surface area contributed by atoms with E-state index >= 15 is 0 Å². The quantitative estimate of drug-likeness (QED) is 0.886. The minimum atomic E-state index is -0.121. The summed E-state index contributed by atoms with van der Waals surface area (Å²) in [5.74, 6) is 0.0297. The van der Waals surface area contributed by atoms with Gasteiger partial charge in [0, 0.05) is 16.6 Å². The lowest BCUT2D eigenvalue weighted by atomic mass is 10.1. The summed E-state index contributed by atoms with van der Waals surface area (Å²) >= 11 is 1.56. The van der Waals surface area contributed by atoms with Crippen molar-refractivity contribution in [3.05, 3.63) is 45.9 Å². The number of aryl methyl sites for hydroxylation is 1. The molecule has 2 N–H and O–H groups in total. The number of para-hydroxylation sites is 1. The molecule has 0 aliphatic heterocycles. The van der Waals surface area contributed by atoms with Gasteiger partial charge in [0.25, 0.3) is 0 Å². The number of amides is 1. The SMILES string of the molecule is Cc1cnc(CNC(=O)Cc2ccccc2O)s1. The highest BCUT2D eigenvalue weighted by Crippen LogP contribution is 2.16. The van der Waals surface area contributed by atoms with Gasteiger partial charge < -0.3 is 10.4 Å². The Kier molecular flexibility index (Phi) is 3.94. The minimum Gasteiger partial charge on any atom is -0.508 e. The number of nitrogens with one attached hydrogen (secondary N) is 1. The molecule has 0 radical (unpaired) electrons. The Morgan fingerprint density at radius 2 is 2.22 bits per heavy atom. The van der Waals surface area contributed by atoms with Crippen LogP contribution < -0.4 is 5.32 Å². The van der Waals surface area contributed by atoms with Gasteiger partial charge in [0.15, 0.2) is 0 Å². The van der Waals surface area contributed by atoms with E-state index in [2.05, 4.69) is 10.3 Å². The molecule has 5 heteroatoms. The molecule has 0 unspecified atom stereocenters. The number of hydrogen-bond acceptors (Lipinski definition) is 4. The smallest absolute Gasteiger partial charge is 0.224 e. The maximum absolute atomic E-state index is 11.7. The van der Waals surface area contributed by atoms with Gasteiger partial charge in [0.05, 0.1) is 13.0 Å². The predicted octanol–water partition coefficient (Wildman–Crippen LogP) is 2.02. The van der Waals surface area contributed by atoms with Crippen LogP contribution >= 0.6 is 11.3 Å². The Bertz CT molecular complexity index is 551. The van der Waals surface area contributed by atoms with Crippen molar-refractivity contribution in [3.63, 3.8) is 0 Å². The van der Waals surface area contributed by atoms with Crippen molar-refractivity contribution in [1.29, 1.82) is 0 Å². The summed E-state index contributed by atoms with van der Waals surface area (Å²) in [6.45, 7) is 2.41. The Hall–Kier alpha value is -1.88. The molecule has 0 saturated carbocycles. The Morgan fingerprint density at radius 1 is 1.44 bits per heavy atom. The van der Waals surface area contributed by atoms with E-state index in [4.69, 9.17) is 0 Å². The first-order valence-corrected chi connectivity index (χ1v) is 6.41. The molecule has 0 atom stereocenters. The number of nitrogens with zero attached hydrogens (tertiary/aromatic N) is 1. The number of phenolic OH excluding ortho intramolecular Hbond substituents is 1. The van der Waals surface area contributed by atoms with E-state index < -0.39 is 0 Å². The standard InChI is InChI=1S/C13H14N2O2S/c1-9-7-15-13(18-9)8-14-12(17)6-10-4-2-3-5-11(10)16/h2-5,7,16H,6,8H2,1H3,(H,14,17). The summed E-state index contributed by atoms with van der Waals surface area (Å²) in [6, 6.07) is 6.84. The van der Waals surface area contributed by atoms with Crippen molar-refractivity contribution in [2.45, 2.75) is 19.9 Å². The van der Waals surface area contributed by atoms with E-state index in [1.54, 1.807) is 41.8 Å². The average Bonchev–Trinajstić information content (AvgIpc) is 2.76. The lowest BCUT2D eigenvalue weighted by molar-refractivity contribution is -0.120. The summed E-state index contributed by atoms with van der Waals surface area (Å²) in [5.41, 5.74) is 0.630. The summed E-state index contributed by atoms with van der Waals surface area (Å²) in [4.78, 5) is 17.0. The van der Waals surface area contributed by atoms with Crippen LogP contribution in [0.4, 0.5) is 0 Å². The van der Waals surface area contributed by atoms with Crippen LogP contribution in [0, 0.1) is 6.92 Å². The molecule has 1 heterocycles. The van der Waals surface area contributed by atoms with Crippen molar-refractivity contribution < 1.29 is 9.90 Å². The fraction of sp³-hybridized carbons (Fsp3) is 0.231. The van der Waals surface area contributed by atoms with E-state index in [0.29, 0.717) is 12.1 Å². The largest absolute Gasteiger partial charge is 0.508 e. The van der Waals surface area contributed by atoms with E-state index in [1.807, 2.05) is 6.92 Å². The number of aromatic hydroxyl groups is 1. The summed E-state index contributed by atoms with van der Waals surface area (Å²) in [7, 11) is 0. The van der Waals surface area contributed by atoms with Crippen LogP contribution in [-0.4, -0.2) is 16.0 Å². The van der Waals surface area contributed by atoms with Crippen LogP contribution in [0.5, 0.6) is 5.75 Å². The Morgan fingerprint density at radius 3 is 2.89 bits per heavy atom. The van der Waals surface area contributed by atoms with Gasteiger partial charge in [-0.15, -0.1) is 11.3 Å². The molecule has 0 spiro atoms. The highest BCUT2D eigenvalue weighted by atomic mass is 32.1. The molecule has 1 amide bonds. The molecule has 0 fully saturated rings. The third-order valence-electron chi connectivity index (χ3n) is 2.45. The van der Waals surface area contributed by atoms with E-state index in [0.717, 1.165) is 9.88 Å². The monoisotopic (exact) mass is 262 g/mol. The molecule has 0 aliphatic rings. The lowest BCUT2D eigenvalue weighted by Gasteiger charge is -2.05. The van der Waals surface area contributed by atoms with E-state index in [1.165, 1.54) is 0 Å². The molecule has 1 aromatic heterocycles. The molecule has 1 aromatic carbocycles. The highest BCUT2D eigenvalue weighted by Gasteiger charge is 2.07. The predicted molar refractivity (Wildman–Crippen MR) is 70.5 cm³/mol. The Labute approximate surface area is 109 Å². The maximum atomic E-state index is 11.7. The molecular weight excluding hydrogens is 248 g/mol. The van der Waals surface area contributed by atoms with Gasteiger partial charge in [0.2, 0.25) is 5.91 Å². The minimum absolute atomic E-state index is 0.121. The van der Waals surface area contributed by atoms with Crippen LogP contribution in [0.25, 0.3) is 0 Å². The molecule has 18 heavy (non-hydrogen) atoms. The lowest BCUT2D eigenvalue weighted by Crippen LogP contribution is -2.24. The number of phenols is 1. The van der Waals surface area contributed by atoms with Gasteiger partial charge in [-0.25, -0.2) is 4.98 Å². The van der Waals surface area contributed by atoms with E-state index in [-0.39, 0.29) is 18.1 Å². The zero-order valence-electron chi connectivity index (χ0n) is 10.0. The van der Waals surface area contributed by atoms with E-state index in [9.17, 15) is 9.90 Å². The van der Waals surface area contributed by atoms with Gasteiger partial charge in [-0.3, -0.25) is 4.79 Å². The van der Waals surface area contributed by atoms with Crippen molar-refractivity contribution in [2.75, 3.05) is 0 Å². The van der Waals surface area contributed by atoms with Crippen LogP contribution in [-0.2, 0) is 17.8 Å². The summed E-state index contributed by atoms with van der Waals surface area (Å²) < 4.78 is 0. The molecular formula is C13H14N2O2S. The second kappa shape index (κ2) is 5.64. The number of aromatic nitrogens is 1. The molecule has 2 aromatic rings. The topological polar surface area (TPSA) is 62.2 Å². The maximum Gasteiger partial charge on any atom is 0.224 e. The third-order valence-corrected chi connectivity index (χ3v) is 3.36. The first-order valence-electron chi connectivity index (χ1n) is 5.60. The van der Waals surface area contributed by atoms with Crippen LogP contribution in [0.2, 0.25) is 0 Å². The van der Waals surface area contributed by atoms with Crippen molar-refractivity contribution in [3.8, 4) is 5.75 Å². The number of rotatable bonds is 4.